The number of amides is 2. The second-order valence-electron chi connectivity index (χ2n) is 5.92. The molecule has 2 N–H and O–H groups in total. The van der Waals surface area contributed by atoms with Crippen LogP contribution in [0.3, 0.4) is 0 Å². The van der Waals surface area contributed by atoms with Gasteiger partial charge in [-0.2, -0.15) is 0 Å². The molecule has 0 radical (unpaired) electrons. The maximum atomic E-state index is 12.5. The number of benzene rings is 2. The van der Waals surface area contributed by atoms with Crippen LogP contribution in [0.15, 0.2) is 42.5 Å². The second-order valence-corrected chi connectivity index (χ2v) is 5.92. The molecule has 2 aromatic rings. The van der Waals surface area contributed by atoms with Gasteiger partial charge in [-0.1, -0.05) is 24.3 Å². The van der Waals surface area contributed by atoms with Crippen molar-refractivity contribution in [2.45, 2.75) is 33.8 Å². The Kier molecular flexibility index (Phi) is 6.17. The van der Waals surface area contributed by atoms with Gasteiger partial charge in [-0.05, 0) is 57.0 Å². The number of hydrogen-bond acceptors (Lipinski definition) is 3. The molecule has 2 amide bonds. The molecule has 0 aliphatic rings. The van der Waals surface area contributed by atoms with E-state index in [4.69, 9.17) is 4.74 Å². The summed E-state index contributed by atoms with van der Waals surface area (Å²) in [5.74, 6) is 0.152. The van der Waals surface area contributed by atoms with Crippen LogP contribution in [0.4, 0.5) is 5.69 Å². The normalized spacial score (nSPS) is 11.5. The highest BCUT2D eigenvalue weighted by Crippen LogP contribution is 2.21. The third-order valence-electron chi connectivity index (χ3n) is 3.78. The summed E-state index contributed by atoms with van der Waals surface area (Å²) in [4.78, 5) is 24.6. The van der Waals surface area contributed by atoms with Crippen molar-refractivity contribution in [3.63, 3.8) is 0 Å². The number of para-hydroxylation sites is 1. The van der Waals surface area contributed by atoms with Gasteiger partial charge in [-0.15, -0.1) is 0 Å². The van der Waals surface area contributed by atoms with Crippen molar-refractivity contribution in [2.24, 2.45) is 0 Å². The van der Waals surface area contributed by atoms with Gasteiger partial charge in [0.05, 0.1) is 11.3 Å². The van der Waals surface area contributed by atoms with Gasteiger partial charge >= 0.3 is 0 Å². The van der Waals surface area contributed by atoms with E-state index in [9.17, 15) is 9.59 Å². The zero-order valence-corrected chi connectivity index (χ0v) is 15.1. The van der Waals surface area contributed by atoms with Crippen molar-refractivity contribution in [2.75, 3.05) is 11.9 Å². The van der Waals surface area contributed by atoms with Crippen molar-refractivity contribution < 1.29 is 14.3 Å². The summed E-state index contributed by atoms with van der Waals surface area (Å²) in [5.41, 5.74) is 2.93. The summed E-state index contributed by atoms with van der Waals surface area (Å²) in [6.07, 6.45) is -0.692. The average Bonchev–Trinajstić information content (AvgIpc) is 2.58. The molecule has 2 aromatic carbocycles. The molecule has 0 aliphatic carbocycles. The first-order chi connectivity index (χ1) is 11.9. The summed E-state index contributed by atoms with van der Waals surface area (Å²) in [6.45, 7) is 7.96. The molecular formula is C20H24N2O3. The van der Waals surface area contributed by atoms with Crippen LogP contribution in [0.2, 0.25) is 0 Å². The summed E-state index contributed by atoms with van der Waals surface area (Å²) >= 11 is 0. The van der Waals surface area contributed by atoms with Crippen LogP contribution in [0.25, 0.3) is 0 Å². The number of hydrogen-bond donors (Lipinski definition) is 2. The fraction of sp³-hybridized carbons (Fsp3) is 0.300. The van der Waals surface area contributed by atoms with Gasteiger partial charge in [0.15, 0.2) is 6.10 Å². The molecule has 0 aliphatic heterocycles. The molecule has 25 heavy (non-hydrogen) atoms. The lowest BCUT2D eigenvalue weighted by atomic mass is 10.1. The Hall–Kier alpha value is -2.82. The highest BCUT2D eigenvalue weighted by molar-refractivity contribution is 6.04. The van der Waals surface area contributed by atoms with Crippen LogP contribution in [0, 0.1) is 13.8 Å². The Morgan fingerprint density at radius 3 is 2.56 bits per heavy atom. The molecule has 1 atom stereocenters. The molecule has 0 bridgehead atoms. The first-order valence-electron chi connectivity index (χ1n) is 8.34. The number of carbonyl (C=O) groups excluding carboxylic acids is 2. The maximum Gasteiger partial charge on any atom is 0.265 e. The number of anilines is 1. The molecule has 132 valence electrons. The lowest BCUT2D eigenvalue weighted by Crippen LogP contribution is -2.32. The van der Waals surface area contributed by atoms with Gasteiger partial charge in [0.1, 0.15) is 5.75 Å². The van der Waals surface area contributed by atoms with E-state index >= 15 is 0 Å². The molecule has 5 heteroatoms. The molecule has 0 aromatic heterocycles. The molecule has 0 saturated carbocycles. The van der Waals surface area contributed by atoms with E-state index in [2.05, 4.69) is 10.6 Å². The third-order valence-corrected chi connectivity index (χ3v) is 3.78. The minimum atomic E-state index is -0.692. The van der Waals surface area contributed by atoms with Crippen molar-refractivity contribution in [1.29, 1.82) is 0 Å². The van der Waals surface area contributed by atoms with Gasteiger partial charge in [-0.25, -0.2) is 0 Å². The van der Waals surface area contributed by atoms with E-state index in [1.165, 1.54) is 0 Å². The van der Waals surface area contributed by atoms with Gasteiger partial charge in [0.25, 0.3) is 11.8 Å². The number of rotatable bonds is 6. The van der Waals surface area contributed by atoms with Crippen LogP contribution >= 0.6 is 0 Å². The molecule has 0 fully saturated rings. The summed E-state index contributed by atoms with van der Waals surface area (Å²) in [5, 5.41) is 5.52. The van der Waals surface area contributed by atoms with E-state index in [1.54, 1.807) is 31.2 Å². The van der Waals surface area contributed by atoms with Crippen LogP contribution < -0.4 is 15.4 Å². The predicted octanol–water partition coefficient (Wildman–Crippen LogP) is 3.46. The topological polar surface area (TPSA) is 67.4 Å². The zero-order valence-electron chi connectivity index (χ0n) is 15.1. The van der Waals surface area contributed by atoms with Gasteiger partial charge in [0.2, 0.25) is 0 Å². The van der Waals surface area contributed by atoms with Crippen LogP contribution in [-0.4, -0.2) is 24.5 Å². The third kappa shape index (κ3) is 4.83. The van der Waals surface area contributed by atoms with Crippen LogP contribution in [-0.2, 0) is 4.79 Å². The predicted molar refractivity (Wildman–Crippen MR) is 99.1 cm³/mol. The fourth-order valence-electron chi connectivity index (χ4n) is 2.36. The molecule has 0 heterocycles. The zero-order chi connectivity index (χ0) is 18.4. The Bertz CT molecular complexity index is 771. The van der Waals surface area contributed by atoms with Crippen molar-refractivity contribution in [3.8, 4) is 5.75 Å². The standard InChI is InChI=1S/C20H24N2O3/c1-5-21-20(24)16-8-6-7-9-17(16)22-19(23)15(4)25-18-12-13(2)10-11-14(18)3/h6-12,15H,5H2,1-4H3,(H,21,24)(H,22,23)/t15-/m0/s1. The first-order valence-corrected chi connectivity index (χ1v) is 8.34. The Balaban J connectivity index is 2.11. The highest BCUT2D eigenvalue weighted by atomic mass is 16.5. The summed E-state index contributed by atoms with van der Waals surface area (Å²) < 4.78 is 5.80. The molecule has 2 rings (SSSR count). The van der Waals surface area contributed by atoms with E-state index in [0.29, 0.717) is 23.5 Å². The lowest BCUT2D eigenvalue weighted by molar-refractivity contribution is -0.122. The Labute approximate surface area is 148 Å². The number of nitrogens with one attached hydrogen (secondary N) is 2. The molecular weight excluding hydrogens is 316 g/mol. The SMILES string of the molecule is CCNC(=O)c1ccccc1NC(=O)[C@H](C)Oc1cc(C)ccc1C. The summed E-state index contributed by atoms with van der Waals surface area (Å²) in [7, 11) is 0. The Morgan fingerprint density at radius 2 is 1.84 bits per heavy atom. The summed E-state index contributed by atoms with van der Waals surface area (Å²) in [6, 6.07) is 12.8. The molecule has 0 saturated heterocycles. The van der Waals surface area contributed by atoms with Gasteiger partial charge in [-0.3, -0.25) is 9.59 Å². The second kappa shape index (κ2) is 8.33. The van der Waals surface area contributed by atoms with Gasteiger partial charge in [0, 0.05) is 6.54 Å². The highest BCUT2D eigenvalue weighted by Gasteiger charge is 2.18. The number of carbonyl (C=O) groups is 2. The quantitative estimate of drug-likeness (QED) is 0.846. The van der Waals surface area contributed by atoms with Crippen molar-refractivity contribution >= 4 is 17.5 Å². The van der Waals surface area contributed by atoms with E-state index in [0.717, 1.165) is 11.1 Å². The lowest BCUT2D eigenvalue weighted by Gasteiger charge is -2.18. The Morgan fingerprint density at radius 1 is 1.12 bits per heavy atom. The number of aryl methyl sites for hydroxylation is 2. The van der Waals surface area contributed by atoms with Crippen LogP contribution in [0.5, 0.6) is 5.75 Å². The molecule has 5 nitrogen and oxygen atoms in total. The molecule has 0 spiro atoms. The first kappa shape index (κ1) is 18.5. The fourth-order valence-corrected chi connectivity index (χ4v) is 2.36. The molecule has 0 unspecified atom stereocenters. The smallest absolute Gasteiger partial charge is 0.265 e. The minimum Gasteiger partial charge on any atom is -0.481 e. The number of ether oxygens (including phenoxy) is 1. The van der Waals surface area contributed by atoms with E-state index in [-0.39, 0.29) is 11.8 Å². The maximum absolute atomic E-state index is 12.5. The van der Waals surface area contributed by atoms with E-state index < -0.39 is 6.10 Å². The van der Waals surface area contributed by atoms with Crippen LogP contribution in [0.1, 0.15) is 35.3 Å². The van der Waals surface area contributed by atoms with Gasteiger partial charge < -0.3 is 15.4 Å². The van der Waals surface area contributed by atoms with Crippen molar-refractivity contribution in [1.82, 2.24) is 5.32 Å². The largest absolute Gasteiger partial charge is 0.481 e. The monoisotopic (exact) mass is 340 g/mol. The minimum absolute atomic E-state index is 0.221. The average molecular weight is 340 g/mol. The van der Waals surface area contributed by atoms with E-state index in [1.807, 2.05) is 39.0 Å². The van der Waals surface area contributed by atoms with Crippen molar-refractivity contribution in [3.05, 3.63) is 59.2 Å².